The Kier molecular flexibility index (Phi) is 5.42. The van der Waals surface area contributed by atoms with Gasteiger partial charge in [-0.25, -0.2) is 9.67 Å². The number of nitrogens with one attached hydrogen (secondary N) is 1. The van der Waals surface area contributed by atoms with Gasteiger partial charge in [-0.2, -0.15) is 5.10 Å². The van der Waals surface area contributed by atoms with E-state index in [2.05, 4.69) is 15.4 Å². The van der Waals surface area contributed by atoms with E-state index in [0.29, 0.717) is 23.6 Å². The molecular formula is C19H22ClN5O. The van der Waals surface area contributed by atoms with E-state index in [1.54, 1.807) is 17.1 Å². The zero-order valence-corrected chi connectivity index (χ0v) is 15.9. The summed E-state index contributed by atoms with van der Waals surface area (Å²) in [5.74, 6) is 0.956. The van der Waals surface area contributed by atoms with Crippen LogP contribution in [0.4, 0.5) is 0 Å². The van der Waals surface area contributed by atoms with Gasteiger partial charge in [0.1, 0.15) is 5.82 Å². The topological polar surface area (TPSA) is 64.7 Å². The number of halogens is 1. The Hall–Kier alpha value is -2.60. The van der Waals surface area contributed by atoms with Crippen molar-refractivity contribution in [3.05, 3.63) is 65.0 Å². The highest BCUT2D eigenvalue weighted by Gasteiger charge is 2.20. The summed E-state index contributed by atoms with van der Waals surface area (Å²) >= 11 is 5.97. The van der Waals surface area contributed by atoms with Crippen molar-refractivity contribution in [2.45, 2.75) is 26.2 Å². The largest absolute Gasteiger partial charge is 0.351 e. The Morgan fingerprint density at radius 3 is 2.62 bits per heavy atom. The van der Waals surface area contributed by atoms with Crippen molar-refractivity contribution in [2.24, 2.45) is 7.05 Å². The maximum atomic E-state index is 12.7. The van der Waals surface area contributed by atoms with Crippen LogP contribution in [-0.2, 0) is 13.5 Å². The molecule has 3 aromatic rings. The van der Waals surface area contributed by atoms with Crippen LogP contribution in [0.2, 0.25) is 5.02 Å². The zero-order valence-electron chi connectivity index (χ0n) is 15.1. The van der Waals surface area contributed by atoms with Gasteiger partial charge in [-0.1, -0.05) is 25.4 Å². The predicted molar refractivity (Wildman–Crippen MR) is 102 cm³/mol. The fourth-order valence-corrected chi connectivity index (χ4v) is 3.02. The summed E-state index contributed by atoms with van der Waals surface area (Å²) in [4.78, 5) is 16.9. The first-order valence-electron chi connectivity index (χ1n) is 8.55. The van der Waals surface area contributed by atoms with Crippen LogP contribution in [0.25, 0.3) is 5.69 Å². The van der Waals surface area contributed by atoms with Crippen molar-refractivity contribution in [1.29, 1.82) is 0 Å². The third-order valence-electron chi connectivity index (χ3n) is 4.22. The Morgan fingerprint density at radius 1 is 1.27 bits per heavy atom. The smallest absolute Gasteiger partial charge is 0.254 e. The average molecular weight is 372 g/mol. The van der Waals surface area contributed by atoms with Gasteiger partial charge in [0, 0.05) is 37.4 Å². The normalized spacial score (nSPS) is 11.1. The van der Waals surface area contributed by atoms with Crippen LogP contribution < -0.4 is 5.32 Å². The van der Waals surface area contributed by atoms with Gasteiger partial charge < -0.3 is 9.88 Å². The molecule has 0 fully saturated rings. The average Bonchev–Trinajstić information content (AvgIpc) is 3.22. The number of carbonyl (C=O) groups is 1. The fourth-order valence-electron chi connectivity index (χ4n) is 2.90. The number of carbonyl (C=O) groups excluding carboxylic acids is 1. The number of nitrogens with zero attached hydrogens (tertiary/aromatic N) is 4. The highest BCUT2D eigenvalue weighted by Crippen LogP contribution is 2.24. The molecule has 0 saturated carbocycles. The molecule has 0 atom stereocenters. The van der Waals surface area contributed by atoms with Gasteiger partial charge in [0.25, 0.3) is 5.91 Å². The number of aromatic nitrogens is 4. The van der Waals surface area contributed by atoms with E-state index < -0.39 is 0 Å². The van der Waals surface area contributed by atoms with Crippen LogP contribution in [-0.4, -0.2) is 31.8 Å². The lowest BCUT2D eigenvalue weighted by Crippen LogP contribution is -2.27. The van der Waals surface area contributed by atoms with Crippen molar-refractivity contribution >= 4 is 17.5 Å². The Balaban J connectivity index is 1.77. The Bertz CT molecular complexity index is 895. The molecule has 0 aliphatic rings. The molecule has 136 valence electrons. The van der Waals surface area contributed by atoms with Gasteiger partial charge in [0.05, 0.1) is 23.1 Å². The van der Waals surface area contributed by atoms with Crippen molar-refractivity contribution in [3.8, 4) is 5.69 Å². The molecule has 0 radical (unpaired) electrons. The number of benzene rings is 1. The highest BCUT2D eigenvalue weighted by molar-refractivity contribution is 6.30. The molecule has 1 aromatic carbocycles. The van der Waals surface area contributed by atoms with Crippen LogP contribution in [0.3, 0.4) is 0 Å². The minimum atomic E-state index is -0.122. The summed E-state index contributed by atoms with van der Waals surface area (Å²) in [5, 5.41) is 8.06. The standard InChI is InChI=1S/C19H22ClN5O/c1-13(2)18-16(12-23-25(18)15-6-4-14(20)5-7-15)19(26)22-9-8-17-21-10-11-24(17)3/h4-7,10-13H,8-9H2,1-3H3,(H,22,26). The fraction of sp³-hybridized carbons (Fsp3) is 0.316. The van der Waals surface area contributed by atoms with Crippen LogP contribution in [0.15, 0.2) is 42.9 Å². The van der Waals surface area contributed by atoms with E-state index in [1.807, 2.05) is 55.9 Å². The van der Waals surface area contributed by atoms with Gasteiger partial charge in [0.15, 0.2) is 0 Å². The summed E-state index contributed by atoms with van der Waals surface area (Å²) in [6, 6.07) is 7.42. The number of hydrogen-bond donors (Lipinski definition) is 1. The van der Waals surface area contributed by atoms with Gasteiger partial charge in [-0.05, 0) is 30.2 Å². The van der Waals surface area contributed by atoms with Gasteiger partial charge >= 0.3 is 0 Å². The molecule has 1 N–H and O–H groups in total. The summed E-state index contributed by atoms with van der Waals surface area (Å²) in [5.41, 5.74) is 2.35. The van der Waals surface area contributed by atoms with Crippen molar-refractivity contribution in [2.75, 3.05) is 6.54 Å². The molecule has 7 heteroatoms. The van der Waals surface area contributed by atoms with Crippen LogP contribution >= 0.6 is 11.6 Å². The summed E-state index contributed by atoms with van der Waals surface area (Å²) in [6.07, 6.45) is 5.95. The minimum absolute atomic E-state index is 0.122. The monoisotopic (exact) mass is 371 g/mol. The first kappa shape index (κ1) is 18.2. The Labute approximate surface area is 157 Å². The van der Waals surface area contributed by atoms with Gasteiger partial charge in [0.2, 0.25) is 0 Å². The summed E-state index contributed by atoms with van der Waals surface area (Å²) < 4.78 is 3.75. The second-order valence-corrected chi connectivity index (χ2v) is 6.88. The third kappa shape index (κ3) is 3.80. The second kappa shape index (κ2) is 7.74. The maximum absolute atomic E-state index is 12.7. The quantitative estimate of drug-likeness (QED) is 0.722. The lowest BCUT2D eigenvalue weighted by atomic mass is 10.0. The molecule has 1 amide bonds. The number of aryl methyl sites for hydroxylation is 1. The lowest BCUT2D eigenvalue weighted by Gasteiger charge is -2.13. The molecule has 6 nitrogen and oxygen atoms in total. The molecule has 2 aromatic heterocycles. The summed E-state index contributed by atoms with van der Waals surface area (Å²) in [7, 11) is 1.94. The van der Waals surface area contributed by atoms with Gasteiger partial charge in [-0.3, -0.25) is 4.79 Å². The molecule has 0 unspecified atom stereocenters. The van der Waals surface area contributed by atoms with Crippen molar-refractivity contribution < 1.29 is 4.79 Å². The van der Waals surface area contributed by atoms with E-state index in [1.165, 1.54) is 0 Å². The molecule has 2 heterocycles. The van der Waals surface area contributed by atoms with E-state index in [-0.39, 0.29) is 11.8 Å². The highest BCUT2D eigenvalue weighted by atomic mass is 35.5. The van der Waals surface area contributed by atoms with Gasteiger partial charge in [-0.15, -0.1) is 0 Å². The first-order chi connectivity index (χ1) is 12.5. The van der Waals surface area contributed by atoms with E-state index >= 15 is 0 Å². The van der Waals surface area contributed by atoms with Crippen molar-refractivity contribution in [1.82, 2.24) is 24.6 Å². The molecule has 0 aliphatic heterocycles. The third-order valence-corrected chi connectivity index (χ3v) is 4.48. The molecule has 0 bridgehead atoms. The number of rotatable bonds is 6. The molecular weight excluding hydrogens is 350 g/mol. The van der Waals surface area contributed by atoms with E-state index in [0.717, 1.165) is 17.2 Å². The molecule has 0 spiro atoms. The zero-order chi connectivity index (χ0) is 18.7. The predicted octanol–water partition coefficient (Wildman–Crippen LogP) is 3.36. The summed E-state index contributed by atoms with van der Waals surface area (Å²) in [6.45, 7) is 4.62. The van der Waals surface area contributed by atoms with Crippen LogP contribution in [0.1, 0.15) is 41.6 Å². The molecule has 0 saturated heterocycles. The molecule has 26 heavy (non-hydrogen) atoms. The van der Waals surface area contributed by atoms with Crippen LogP contribution in [0, 0.1) is 0 Å². The first-order valence-corrected chi connectivity index (χ1v) is 8.93. The Morgan fingerprint density at radius 2 is 2.00 bits per heavy atom. The minimum Gasteiger partial charge on any atom is -0.351 e. The number of hydrogen-bond acceptors (Lipinski definition) is 3. The van der Waals surface area contributed by atoms with Crippen molar-refractivity contribution in [3.63, 3.8) is 0 Å². The lowest BCUT2D eigenvalue weighted by molar-refractivity contribution is 0.0952. The maximum Gasteiger partial charge on any atom is 0.254 e. The SMILES string of the molecule is CC(C)c1c(C(=O)NCCc2nccn2C)cnn1-c1ccc(Cl)cc1. The second-order valence-electron chi connectivity index (χ2n) is 6.45. The van der Waals surface area contributed by atoms with E-state index in [4.69, 9.17) is 11.6 Å². The molecule has 3 rings (SSSR count). The van der Waals surface area contributed by atoms with E-state index in [9.17, 15) is 4.79 Å². The number of imidazole rings is 1. The van der Waals surface area contributed by atoms with Crippen LogP contribution in [0.5, 0.6) is 0 Å². The molecule has 0 aliphatic carbocycles. The number of amides is 1.